The van der Waals surface area contributed by atoms with Crippen LogP contribution in [-0.2, 0) is 29.0 Å². The molecule has 0 aliphatic carbocycles. The monoisotopic (exact) mass is 459 g/mol. The molecular weight excluding hydrogens is 434 g/mol. The molecule has 0 radical (unpaired) electrons. The summed E-state index contributed by atoms with van der Waals surface area (Å²) in [5.41, 5.74) is 3.51. The predicted octanol–water partition coefficient (Wildman–Crippen LogP) is -0.281. The molecule has 3 heterocycles. The molecule has 1 aromatic heterocycles. The molecule has 0 spiro atoms. The Morgan fingerprint density at radius 2 is 2.00 bits per heavy atom. The summed E-state index contributed by atoms with van der Waals surface area (Å²) in [5, 5.41) is 48.0. The largest absolute Gasteiger partial charge is 0.493 e. The Morgan fingerprint density at radius 3 is 2.85 bits per heavy atom. The van der Waals surface area contributed by atoms with Crippen molar-refractivity contribution in [2.24, 2.45) is 0 Å². The second-order valence-corrected chi connectivity index (χ2v) is 8.10. The number of benzene rings is 2. The number of hydrogen-bond acceptors (Lipinski definition) is 10. The lowest BCUT2D eigenvalue weighted by Gasteiger charge is -2.38. The fourth-order valence-corrected chi connectivity index (χ4v) is 4.13. The topological polar surface area (TPSA) is 149 Å². The summed E-state index contributed by atoms with van der Waals surface area (Å²) >= 11 is 0. The summed E-state index contributed by atoms with van der Waals surface area (Å²) in [5.74, 6) is 1.21. The third-order valence-corrected chi connectivity index (χ3v) is 5.95. The highest BCUT2D eigenvalue weighted by Crippen LogP contribution is 2.29. The highest BCUT2D eigenvalue weighted by Gasteiger charge is 2.45. The van der Waals surface area contributed by atoms with Gasteiger partial charge in [0, 0.05) is 13.0 Å². The van der Waals surface area contributed by atoms with Crippen LogP contribution in [0.1, 0.15) is 11.1 Å². The van der Waals surface area contributed by atoms with Gasteiger partial charge in [-0.05, 0) is 35.7 Å². The summed E-state index contributed by atoms with van der Waals surface area (Å²) in [4.78, 5) is 10.7. The Bertz CT molecular complexity index is 1120. The summed E-state index contributed by atoms with van der Waals surface area (Å²) in [6.07, 6.45) is -5.49. The molecule has 0 amide bonds. The zero-order valence-electron chi connectivity index (χ0n) is 17.6. The maximum Gasteiger partial charge on any atom is 0.192 e. The molecule has 33 heavy (non-hydrogen) atoms. The van der Waals surface area contributed by atoms with E-state index < -0.39 is 37.3 Å². The quantitative estimate of drug-likeness (QED) is 0.275. The van der Waals surface area contributed by atoms with Crippen molar-refractivity contribution in [3.05, 3.63) is 47.5 Å². The minimum atomic E-state index is -1.61. The minimum absolute atomic E-state index is 0.276. The van der Waals surface area contributed by atoms with Crippen molar-refractivity contribution >= 4 is 11.0 Å². The molecule has 5 rings (SSSR count). The number of ether oxygens (including phenoxy) is 2. The second kappa shape index (κ2) is 9.21. The summed E-state index contributed by atoms with van der Waals surface area (Å²) in [6.45, 7) is 0.676. The van der Waals surface area contributed by atoms with Crippen LogP contribution < -0.4 is 9.62 Å². The normalized spacial score (nSPS) is 26.8. The molecule has 1 fully saturated rings. The van der Waals surface area contributed by atoms with Crippen molar-refractivity contribution in [3.8, 4) is 11.5 Å². The fraction of sp³-hybridized carbons (Fsp3) is 0.455. The molecule has 3 aromatic rings. The Morgan fingerprint density at radius 1 is 1.12 bits per heavy atom. The lowest BCUT2D eigenvalue weighted by atomic mass is 9.99. The lowest BCUT2D eigenvalue weighted by molar-refractivity contribution is -0.364. The highest BCUT2D eigenvalue weighted by molar-refractivity contribution is 5.81. The number of para-hydroxylation sites is 1. The number of aromatic nitrogens is 3. The van der Waals surface area contributed by atoms with Crippen molar-refractivity contribution in [3.63, 3.8) is 0 Å². The smallest absolute Gasteiger partial charge is 0.192 e. The van der Waals surface area contributed by atoms with Gasteiger partial charge in [-0.25, -0.2) is 4.68 Å². The van der Waals surface area contributed by atoms with Crippen LogP contribution in [-0.4, -0.2) is 79.3 Å². The molecule has 4 N–H and O–H groups in total. The van der Waals surface area contributed by atoms with Gasteiger partial charge in [-0.15, -0.1) is 5.10 Å². The van der Waals surface area contributed by atoms with Crippen LogP contribution in [0.25, 0.3) is 11.0 Å². The Kier molecular flexibility index (Phi) is 6.15. The molecule has 5 atom stereocenters. The van der Waals surface area contributed by atoms with Crippen LogP contribution >= 0.6 is 0 Å². The molecule has 11 heteroatoms. The maximum atomic E-state index is 10.2. The molecule has 1 saturated heterocycles. The number of rotatable bonds is 7. The lowest BCUT2D eigenvalue weighted by Crippen LogP contribution is -2.59. The standard InChI is InChI=1S/C22H25N3O8/c26-11-17-19(27)20(28)21(22(29)31-17)33-32-16-3-1-2-14-18(16)25(24-23-14)8-6-12-4-5-15-13(10-12)7-9-30-15/h1-5,10,17,19-22,26-29H,6-9,11H2/t17-,19-,20+,21-,22-/m1/s1. The number of aliphatic hydroxyl groups excluding tert-OH is 4. The van der Waals surface area contributed by atoms with E-state index in [4.69, 9.17) is 19.2 Å². The van der Waals surface area contributed by atoms with Crippen LogP contribution in [0, 0.1) is 0 Å². The highest BCUT2D eigenvalue weighted by atomic mass is 17.2. The average Bonchev–Trinajstić information content (AvgIpc) is 3.46. The minimum Gasteiger partial charge on any atom is -0.493 e. The zero-order chi connectivity index (χ0) is 22.9. The average molecular weight is 459 g/mol. The summed E-state index contributed by atoms with van der Waals surface area (Å²) in [6, 6.07) is 11.3. The summed E-state index contributed by atoms with van der Waals surface area (Å²) < 4.78 is 12.3. The third-order valence-electron chi connectivity index (χ3n) is 5.95. The second-order valence-electron chi connectivity index (χ2n) is 8.10. The van der Waals surface area contributed by atoms with Crippen molar-refractivity contribution in [1.29, 1.82) is 0 Å². The molecular formula is C22H25N3O8. The van der Waals surface area contributed by atoms with E-state index in [1.165, 1.54) is 5.56 Å². The van der Waals surface area contributed by atoms with Crippen LogP contribution in [0.2, 0.25) is 0 Å². The first-order chi connectivity index (χ1) is 16.0. The van der Waals surface area contributed by atoms with Crippen LogP contribution in [0.5, 0.6) is 11.5 Å². The van der Waals surface area contributed by atoms with E-state index in [-0.39, 0.29) is 5.75 Å². The molecule has 11 nitrogen and oxygen atoms in total. The van der Waals surface area contributed by atoms with Crippen LogP contribution in [0.4, 0.5) is 0 Å². The van der Waals surface area contributed by atoms with E-state index in [0.717, 1.165) is 17.7 Å². The van der Waals surface area contributed by atoms with Gasteiger partial charge in [-0.3, -0.25) is 0 Å². The van der Waals surface area contributed by atoms with Gasteiger partial charge in [0.15, 0.2) is 18.1 Å². The number of hydrogen-bond donors (Lipinski definition) is 4. The molecule has 0 unspecified atom stereocenters. The van der Waals surface area contributed by atoms with E-state index in [1.807, 2.05) is 12.1 Å². The molecule has 0 saturated carbocycles. The Hall–Kier alpha value is -2.80. The first-order valence-electron chi connectivity index (χ1n) is 10.8. The van der Waals surface area contributed by atoms with Gasteiger partial charge in [0.2, 0.25) is 0 Å². The van der Waals surface area contributed by atoms with Gasteiger partial charge < -0.3 is 34.8 Å². The molecule has 2 aliphatic rings. The number of fused-ring (bicyclic) bond motifs is 2. The summed E-state index contributed by atoms with van der Waals surface area (Å²) in [7, 11) is 0. The Balaban J connectivity index is 1.31. The van der Waals surface area contributed by atoms with Gasteiger partial charge in [0.1, 0.15) is 35.1 Å². The van der Waals surface area contributed by atoms with Gasteiger partial charge in [-0.2, -0.15) is 4.89 Å². The number of nitrogens with zero attached hydrogens (tertiary/aromatic N) is 3. The van der Waals surface area contributed by atoms with E-state index >= 15 is 0 Å². The van der Waals surface area contributed by atoms with Gasteiger partial charge in [0.25, 0.3) is 0 Å². The first kappa shape index (κ1) is 22.0. The SMILES string of the molecule is OC[C@H]1O[C@@H](O)[C@H](OOc2cccc3nnn(CCc4ccc5c(c4)CCO5)c23)[C@@H](O)[C@@H]1O. The van der Waals surface area contributed by atoms with Crippen molar-refractivity contribution in [1.82, 2.24) is 15.0 Å². The van der Waals surface area contributed by atoms with E-state index in [2.05, 4.69) is 16.4 Å². The molecule has 176 valence electrons. The van der Waals surface area contributed by atoms with E-state index in [1.54, 1.807) is 22.9 Å². The number of aryl methyl sites for hydroxylation is 2. The van der Waals surface area contributed by atoms with Crippen LogP contribution in [0.15, 0.2) is 36.4 Å². The van der Waals surface area contributed by atoms with Gasteiger partial charge in [0.05, 0.1) is 13.2 Å². The third kappa shape index (κ3) is 4.26. The Labute approximate surface area is 188 Å². The number of aliphatic hydroxyl groups is 4. The van der Waals surface area contributed by atoms with Crippen molar-refractivity contribution in [2.75, 3.05) is 13.2 Å². The van der Waals surface area contributed by atoms with Gasteiger partial charge in [-0.1, -0.05) is 23.4 Å². The van der Waals surface area contributed by atoms with E-state index in [0.29, 0.717) is 30.6 Å². The predicted molar refractivity (Wildman–Crippen MR) is 112 cm³/mol. The van der Waals surface area contributed by atoms with Crippen molar-refractivity contribution < 1.29 is 39.7 Å². The molecule has 2 aliphatic heterocycles. The van der Waals surface area contributed by atoms with Crippen LogP contribution in [0.3, 0.4) is 0 Å². The fourth-order valence-electron chi connectivity index (χ4n) is 4.13. The first-order valence-corrected chi connectivity index (χ1v) is 10.8. The zero-order valence-corrected chi connectivity index (χ0v) is 17.6. The molecule has 2 aromatic carbocycles. The van der Waals surface area contributed by atoms with Gasteiger partial charge >= 0.3 is 0 Å². The van der Waals surface area contributed by atoms with E-state index in [9.17, 15) is 20.4 Å². The molecule has 0 bridgehead atoms. The van der Waals surface area contributed by atoms with Crippen molar-refractivity contribution in [2.45, 2.75) is 50.1 Å². The maximum absolute atomic E-state index is 10.2.